The van der Waals surface area contributed by atoms with Crippen molar-refractivity contribution in [3.05, 3.63) is 40.8 Å². The van der Waals surface area contributed by atoms with Crippen molar-refractivity contribution in [2.75, 3.05) is 10.5 Å². The van der Waals surface area contributed by atoms with Crippen molar-refractivity contribution in [2.24, 2.45) is 0 Å². The Labute approximate surface area is 115 Å². The van der Waals surface area contributed by atoms with E-state index >= 15 is 0 Å². The molecule has 0 fully saturated rings. The number of nitrogen functional groups attached to an aromatic ring is 1. The summed E-state index contributed by atoms with van der Waals surface area (Å²) in [4.78, 5) is 0.351. The number of nitriles is 1. The van der Waals surface area contributed by atoms with E-state index in [4.69, 9.17) is 11.0 Å². The molecule has 0 aliphatic heterocycles. The zero-order chi connectivity index (χ0) is 14.0. The first kappa shape index (κ1) is 13.4. The van der Waals surface area contributed by atoms with Gasteiger partial charge in [-0.25, -0.2) is 8.42 Å². The molecule has 2 rings (SSSR count). The van der Waals surface area contributed by atoms with Crippen LogP contribution in [0.5, 0.6) is 0 Å². The Kier molecular flexibility index (Phi) is 3.46. The zero-order valence-electron chi connectivity index (χ0n) is 10.0. The van der Waals surface area contributed by atoms with Gasteiger partial charge in [0.25, 0.3) is 10.0 Å². The average molecular weight is 293 g/mol. The quantitative estimate of drug-likeness (QED) is 0.849. The predicted octanol–water partition coefficient (Wildman–Crippen LogP) is 2.31. The number of rotatable bonds is 3. The van der Waals surface area contributed by atoms with Crippen LogP contribution >= 0.6 is 11.3 Å². The maximum Gasteiger partial charge on any atom is 0.271 e. The Bertz CT molecular complexity index is 758. The number of aryl methyl sites for hydroxylation is 1. The van der Waals surface area contributed by atoms with Gasteiger partial charge in [0.15, 0.2) is 0 Å². The second-order valence-electron chi connectivity index (χ2n) is 3.91. The summed E-state index contributed by atoms with van der Waals surface area (Å²) in [7, 11) is -3.67. The molecule has 7 heteroatoms. The maximum absolute atomic E-state index is 12.1. The monoisotopic (exact) mass is 293 g/mol. The highest BCUT2D eigenvalue weighted by atomic mass is 32.2. The van der Waals surface area contributed by atoms with Crippen LogP contribution in [0.25, 0.3) is 0 Å². The van der Waals surface area contributed by atoms with Gasteiger partial charge >= 0.3 is 0 Å². The Morgan fingerprint density at radius 3 is 2.63 bits per heavy atom. The highest BCUT2D eigenvalue weighted by Crippen LogP contribution is 2.25. The molecule has 0 radical (unpaired) electrons. The van der Waals surface area contributed by atoms with Gasteiger partial charge in [-0.15, -0.1) is 11.3 Å². The molecule has 0 saturated carbocycles. The number of nitrogens with two attached hydrogens (primary N) is 1. The van der Waals surface area contributed by atoms with Crippen LogP contribution in [-0.4, -0.2) is 8.42 Å². The van der Waals surface area contributed by atoms with Crippen molar-refractivity contribution in [2.45, 2.75) is 11.1 Å². The molecule has 0 saturated heterocycles. The minimum Gasteiger partial charge on any atom is -0.398 e. The van der Waals surface area contributed by atoms with Crippen LogP contribution in [0.2, 0.25) is 0 Å². The van der Waals surface area contributed by atoms with Crippen LogP contribution in [0, 0.1) is 18.3 Å². The Balaban J connectivity index is 2.31. The number of benzene rings is 1. The Hall–Kier alpha value is -2.04. The normalized spacial score (nSPS) is 10.9. The van der Waals surface area contributed by atoms with E-state index in [1.807, 2.05) is 13.0 Å². The van der Waals surface area contributed by atoms with E-state index in [1.165, 1.54) is 12.1 Å². The summed E-state index contributed by atoms with van der Waals surface area (Å²) in [5.41, 5.74) is 7.52. The molecule has 3 N–H and O–H groups in total. The van der Waals surface area contributed by atoms with Gasteiger partial charge in [0.2, 0.25) is 0 Å². The third-order valence-electron chi connectivity index (χ3n) is 2.49. The molecule has 0 atom stereocenters. The third-order valence-corrected chi connectivity index (χ3v) is 5.35. The number of nitrogens with zero attached hydrogens (tertiary/aromatic N) is 1. The molecule has 0 aliphatic rings. The van der Waals surface area contributed by atoms with Crippen molar-refractivity contribution in [1.29, 1.82) is 5.26 Å². The second-order valence-corrected chi connectivity index (χ2v) is 6.90. The molecular weight excluding hydrogens is 282 g/mol. The first-order valence-electron chi connectivity index (χ1n) is 5.31. The van der Waals surface area contributed by atoms with Crippen molar-refractivity contribution in [3.63, 3.8) is 0 Å². The van der Waals surface area contributed by atoms with E-state index in [0.29, 0.717) is 16.3 Å². The Morgan fingerprint density at radius 2 is 2.05 bits per heavy atom. The summed E-state index contributed by atoms with van der Waals surface area (Å²) in [5, 5.41) is 8.70. The number of thiophene rings is 1. The lowest BCUT2D eigenvalue weighted by Gasteiger charge is -2.08. The summed E-state index contributed by atoms with van der Waals surface area (Å²) >= 11 is 0.924. The molecule has 2 aromatic rings. The molecule has 5 nitrogen and oxygen atoms in total. The molecule has 98 valence electrons. The van der Waals surface area contributed by atoms with Gasteiger partial charge in [0.1, 0.15) is 15.2 Å². The fourth-order valence-corrected chi connectivity index (χ4v) is 3.59. The molecule has 19 heavy (non-hydrogen) atoms. The number of sulfonamides is 1. The molecule has 0 unspecified atom stereocenters. The molecule has 1 aromatic heterocycles. The highest BCUT2D eigenvalue weighted by Gasteiger charge is 2.17. The third kappa shape index (κ3) is 2.86. The van der Waals surface area contributed by atoms with Crippen molar-refractivity contribution in [3.8, 4) is 6.07 Å². The van der Waals surface area contributed by atoms with Gasteiger partial charge in [0.05, 0.1) is 5.69 Å². The first-order valence-corrected chi connectivity index (χ1v) is 7.61. The smallest absolute Gasteiger partial charge is 0.271 e. The van der Waals surface area contributed by atoms with Gasteiger partial charge in [-0.3, -0.25) is 4.72 Å². The van der Waals surface area contributed by atoms with Gasteiger partial charge < -0.3 is 5.73 Å². The van der Waals surface area contributed by atoms with Crippen LogP contribution < -0.4 is 10.5 Å². The van der Waals surface area contributed by atoms with Gasteiger partial charge in [0, 0.05) is 5.69 Å². The second kappa shape index (κ2) is 4.91. The maximum atomic E-state index is 12.1. The van der Waals surface area contributed by atoms with Crippen LogP contribution in [0.3, 0.4) is 0 Å². The summed E-state index contributed by atoms with van der Waals surface area (Å²) in [6, 6.07) is 9.73. The molecule has 0 spiro atoms. The molecular formula is C12H11N3O2S2. The largest absolute Gasteiger partial charge is 0.398 e. The summed E-state index contributed by atoms with van der Waals surface area (Å²) < 4.78 is 26.7. The fraction of sp³-hybridized carbons (Fsp3) is 0.0833. The highest BCUT2D eigenvalue weighted by molar-refractivity contribution is 7.94. The van der Waals surface area contributed by atoms with E-state index in [2.05, 4.69) is 4.72 Å². The summed E-state index contributed by atoms with van der Waals surface area (Å²) in [6.45, 7) is 1.84. The van der Waals surface area contributed by atoms with Crippen LogP contribution in [0.1, 0.15) is 10.4 Å². The van der Waals surface area contributed by atoms with Gasteiger partial charge in [-0.1, -0.05) is 6.07 Å². The molecule has 1 heterocycles. The summed E-state index contributed by atoms with van der Waals surface area (Å²) in [6.07, 6.45) is 0. The number of nitrogens with one attached hydrogen (secondary N) is 1. The SMILES string of the molecule is Cc1ccc(NS(=O)(=O)c2ccc(C#N)s2)cc1N. The molecule has 1 aromatic carbocycles. The number of hydrogen-bond acceptors (Lipinski definition) is 5. The zero-order valence-corrected chi connectivity index (χ0v) is 11.7. The van der Waals surface area contributed by atoms with E-state index in [9.17, 15) is 8.42 Å². The van der Waals surface area contributed by atoms with Crippen molar-refractivity contribution < 1.29 is 8.42 Å². The van der Waals surface area contributed by atoms with Gasteiger partial charge in [-0.05, 0) is 36.8 Å². The lowest BCUT2D eigenvalue weighted by atomic mass is 10.2. The van der Waals surface area contributed by atoms with E-state index < -0.39 is 10.0 Å². The topological polar surface area (TPSA) is 96.0 Å². The minimum absolute atomic E-state index is 0.100. The molecule has 0 bridgehead atoms. The van der Waals surface area contributed by atoms with Crippen LogP contribution in [0.15, 0.2) is 34.5 Å². The standard InChI is InChI=1S/C12H11N3O2S2/c1-8-2-3-9(6-11(8)14)15-19(16,17)12-5-4-10(7-13)18-12/h2-6,15H,14H2,1H3. The van der Waals surface area contributed by atoms with Crippen LogP contribution in [-0.2, 0) is 10.0 Å². The lowest BCUT2D eigenvalue weighted by molar-refractivity contribution is 0.603. The van der Waals surface area contributed by atoms with E-state index in [0.717, 1.165) is 16.9 Å². The minimum atomic E-state index is -3.67. The van der Waals surface area contributed by atoms with E-state index in [1.54, 1.807) is 18.2 Å². The fourth-order valence-electron chi connectivity index (χ4n) is 1.43. The predicted molar refractivity (Wildman–Crippen MR) is 75.4 cm³/mol. The Morgan fingerprint density at radius 1 is 1.32 bits per heavy atom. The number of anilines is 2. The average Bonchev–Trinajstić information content (AvgIpc) is 2.83. The van der Waals surface area contributed by atoms with Crippen LogP contribution in [0.4, 0.5) is 11.4 Å². The molecule has 0 aliphatic carbocycles. The van der Waals surface area contributed by atoms with Crippen molar-refractivity contribution in [1.82, 2.24) is 0 Å². The van der Waals surface area contributed by atoms with Gasteiger partial charge in [-0.2, -0.15) is 5.26 Å². The first-order chi connectivity index (χ1) is 8.92. The van der Waals surface area contributed by atoms with E-state index in [-0.39, 0.29) is 4.21 Å². The number of hydrogen-bond donors (Lipinski definition) is 2. The molecule has 0 amide bonds. The summed E-state index contributed by atoms with van der Waals surface area (Å²) in [5.74, 6) is 0. The lowest BCUT2D eigenvalue weighted by Crippen LogP contribution is -2.11. The van der Waals surface area contributed by atoms with Crippen molar-refractivity contribution >= 4 is 32.7 Å².